The maximum atomic E-state index is 12.8. The van der Waals surface area contributed by atoms with Crippen molar-refractivity contribution in [2.75, 3.05) is 19.7 Å². The van der Waals surface area contributed by atoms with Gasteiger partial charge in [-0.15, -0.1) is 11.3 Å². The molecule has 14 heteroatoms. The topological polar surface area (TPSA) is 70.1 Å². The molecule has 0 bridgehead atoms. The lowest BCUT2D eigenvalue weighted by Gasteiger charge is -2.35. The summed E-state index contributed by atoms with van der Waals surface area (Å²) in [6, 6.07) is 6.41. The van der Waals surface area contributed by atoms with Crippen LogP contribution in [0, 0.1) is 0 Å². The molecule has 1 unspecified atom stereocenters. The number of ether oxygens (including phenoxy) is 1. The second-order valence-electron chi connectivity index (χ2n) is 7.72. The molecule has 0 aliphatic carbocycles. The molecule has 2 aromatic rings. The minimum Gasteiger partial charge on any atom is -0.468 e. The van der Waals surface area contributed by atoms with Crippen molar-refractivity contribution in [1.82, 2.24) is 20.1 Å². The molecular weight excluding hydrogens is 500 g/mol. The number of hydrogen-bond donors (Lipinski definition) is 1. The maximum Gasteiger partial charge on any atom is 0.425 e. The van der Waals surface area contributed by atoms with Crippen LogP contribution in [0.15, 0.2) is 41.4 Å². The lowest BCUT2D eigenvalue weighted by atomic mass is 10.0. The largest absolute Gasteiger partial charge is 0.468 e. The summed E-state index contributed by atoms with van der Waals surface area (Å²) in [5.74, 6) is -0.125. The van der Waals surface area contributed by atoms with E-state index in [1.807, 2.05) is 11.0 Å². The average Bonchev–Trinajstić information content (AvgIpc) is 3.28. The molecule has 4 rings (SSSR count). The number of urea groups is 1. The third-order valence-electron chi connectivity index (χ3n) is 5.15. The zero-order valence-electron chi connectivity index (χ0n) is 17.9. The molecule has 2 aliphatic rings. The predicted molar refractivity (Wildman–Crippen MR) is 116 cm³/mol. The van der Waals surface area contributed by atoms with E-state index in [4.69, 9.17) is 4.74 Å². The van der Waals surface area contributed by atoms with Gasteiger partial charge in [0.2, 0.25) is 5.88 Å². The number of aliphatic imine (C=N–C) groups is 1. The van der Waals surface area contributed by atoms with Gasteiger partial charge in [-0.05, 0) is 30.2 Å². The highest BCUT2D eigenvalue weighted by molar-refractivity contribution is 7.12. The van der Waals surface area contributed by atoms with E-state index < -0.39 is 36.2 Å². The zero-order chi connectivity index (χ0) is 25.2. The number of hydrogen-bond acceptors (Lipinski definition) is 6. The van der Waals surface area contributed by atoms with Crippen molar-refractivity contribution in [3.8, 4) is 5.88 Å². The van der Waals surface area contributed by atoms with Gasteiger partial charge >= 0.3 is 18.4 Å². The lowest BCUT2D eigenvalue weighted by molar-refractivity contribution is -0.154. The second-order valence-corrected chi connectivity index (χ2v) is 8.89. The van der Waals surface area contributed by atoms with Crippen molar-refractivity contribution in [2.24, 2.45) is 4.99 Å². The highest BCUT2D eigenvalue weighted by atomic mass is 32.1. The first kappa shape index (κ1) is 25.0. The summed E-state index contributed by atoms with van der Waals surface area (Å²) in [6.45, 7) is -0.579. The Morgan fingerprint density at radius 2 is 1.94 bits per heavy atom. The summed E-state index contributed by atoms with van der Waals surface area (Å²) in [7, 11) is 0. The molecule has 1 atom stereocenters. The smallest absolute Gasteiger partial charge is 0.425 e. The average molecular weight is 519 g/mol. The van der Waals surface area contributed by atoms with E-state index in [0.717, 1.165) is 11.6 Å². The number of amides is 2. The van der Waals surface area contributed by atoms with E-state index in [2.05, 4.69) is 15.3 Å². The van der Waals surface area contributed by atoms with Gasteiger partial charge in [0.15, 0.2) is 12.9 Å². The Kier molecular flexibility index (Phi) is 7.03. The number of nitrogens with one attached hydrogen (secondary N) is 1. The third kappa shape index (κ3) is 6.51. The van der Waals surface area contributed by atoms with Crippen molar-refractivity contribution in [2.45, 2.75) is 31.6 Å². The standard InChI is InChI=1S/C21H19F6N5O2S/c22-20(23,24)11-34-17-3-1-2-15(29-17)13-6-8-31(9-7-13)18-28-12-32(19(33)30-18)10-14-4-5-16(35-14)21(25,26)27/h1-6,12,18H,7-11H2,(H,30,33). The third-order valence-corrected chi connectivity index (χ3v) is 6.27. The Morgan fingerprint density at radius 1 is 1.14 bits per heavy atom. The minimum absolute atomic E-state index is 0.0364. The van der Waals surface area contributed by atoms with Crippen LogP contribution in [0.1, 0.15) is 21.9 Å². The van der Waals surface area contributed by atoms with Gasteiger partial charge in [0.05, 0.1) is 18.6 Å². The quantitative estimate of drug-likeness (QED) is 0.561. The van der Waals surface area contributed by atoms with Crippen molar-refractivity contribution < 1.29 is 35.9 Å². The lowest BCUT2D eigenvalue weighted by Crippen LogP contribution is -2.55. The van der Waals surface area contributed by atoms with Crippen LogP contribution in [0.5, 0.6) is 5.88 Å². The highest BCUT2D eigenvalue weighted by Gasteiger charge is 2.33. The van der Waals surface area contributed by atoms with Crippen molar-refractivity contribution in [3.05, 3.63) is 51.9 Å². The molecule has 0 radical (unpaired) electrons. The molecule has 2 amide bonds. The first-order valence-electron chi connectivity index (χ1n) is 10.3. The minimum atomic E-state index is -4.46. The number of thiophene rings is 1. The Bertz CT molecular complexity index is 1130. The summed E-state index contributed by atoms with van der Waals surface area (Å²) < 4.78 is 80.1. The van der Waals surface area contributed by atoms with Gasteiger partial charge in [-0.3, -0.25) is 9.80 Å². The molecule has 0 fully saturated rings. The molecule has 1 N–H and O–H groups in total. The molecule has 7 nitrogen and oxygen atoms in total. The summed E-state index contributed by atoms with van der Waals surface area (Å²) >= 11 is 0.571. The van der Waals surface area contributed by atoms with Crippen LogP contribution in [0.3, 0.4) is 0 Å². The van der Waals surface area contributed by atoms with Crippen LogP contribution < -0.4 is 10.1 Å². The number of nitrogens with zero attached hydrogens (tertiary/aromatic N) is 4. The molecule has 0 aromatic carbocycles. The van der Waals surface area contributed by atoms with Crippen molar-refractivity contribution in [3.63, 3.8) is 0 Å². The molecule has 0 saturated heterocycles. The van der Waals surface area contributed by atoms with E-state index >= 15 is 0 Å². The van der Waals surface area contributed by atoms with Crippen LogP contribution in [-0.4, -0.2) is 59.3 Å². The number of pyridine rings is 1. The number of carbonyl (C=O) groups excluding carboxylic acids is 1. The first-order valence-corrected chi connectivity index (χ1v) is 11.2. The monoisotopic (exact) mass is 519 g/mol. The molecule has 35 heavy (non-hydrogen) atoms. The number of aromatic nitrogens is 1. The van der Waals surface area contributed by atoms with Crippen LogP contribution >= 0.6 is 11.3 Å². The molecule has 4 heterocycles. The molecule has 2 aliphatic heterocycles. The van der Waals surface area contributed by atoms with Gasteiger partial charge < -0.3 is 10.1 Å². The summed E-state index contributed by atoms with van der Waals surface area (Å²) in [5.41, 5.74) is 1.32. The fourth-order valence-corrected chi connectivity index (χ4v) is 4.35. The summed E-state index contributed by atoms with van der Waals surface area (Å²) in [5, 5.41) is 2.71. The SMILES string of the molecule is O=C1NC(N2CC=C(c3cccc(OCC(F)(F)F)n3)CC2)N=CN1Cc1ccc(C(F)(F)F)s1. The molecule has 0 saturated carbocycles. The number of rotatable bonds is 6. The van der Waals surface area contributed by atoms with E-state index in [9.17, 15) is 31.1 Å². The van der Waals surface area contributed by atoms with Crippen LogP contribution in [0.25, 0.3) is 5.57 Å². The van der Waals surface area contributed by atoms with Crippen molar-refractivity contribution >= 4 is 29.3 Å². The van der Waals surface area contributed by atoms with Gasteiger partial charge in [-0.1, -0.05) is 12.1 Å². The predicted octanol–water partition coefficient (Wildman–Crippen LogP) is 4.73. The van der Waals surface area contributed by atoms with Crippen LogP contribution in [0.4, 0.5) is 31.1 Å². The van der Waals surface area contributed by atoms with Gasteiger partial charge in [0, 0.05) is 24.0 Å². The normalized spacial score (nSPS) is 19.5. The van der Waals surface area contributed by atoms with Crippen molar-refractivity contribution in [1.29, 1.82) is 0 Å². The fraction of sp³-hybridized carbons (Fsp3) is 0.381. The Balaban J connectivity index is 1.35. The summed E-state index contributed by atoms with van der Waals surface area (Å²) in [4.78, 5) is 23.6. The first-order chi connectivity index (χ1) is 16.5. The van der Waals surface area contributed by atoms with E-state index in [0.29, 0.717) is 41.4 Å². The van der Waals surface area contributed by atoms with Gasteiger partial charge in [0.1, 0.15) is 4.88 Å². The molecular formula is C21H19F6N5O2S. The van der Waals surface area contributed by atoms with Crippen LogP contribution in [-0.2, 0) is 12.7 Å². The Labute approximate surface area is 199 Å². The second kappa shape index (κ2) is 9.85. The number of carbonyl (C=O) groups is 1. The van der Waals surface area contributed by atoms with E-state index in [1.165, 1.54) is 23.4 Å². The Hall–Kier alpha value is -3.13. The number of alkyl halides is 6. The Morgan fingerprint density at radius 3 is 2.57 bits per heavy atom. The highest BCUT2D eigenvalue weighted by Crippen LogP contribution is 2.35. The van der Waals surface area contributed by atoms with Gasteiger partial charge in [-0.25, -0.2) is 14.8 Å². The fourth-order valence-electron chi connectivity index (χ4n) is 3.48. The molecule has 2 aromatic heterocycles. The maximum absolute atomic E-state index is 12.8. The van der Waals surface area contributed by atoms with E-state index in [1.54, 1.807) is 12.1 Å². The summed E-state index contributed by atoms with van der Waals surface area (Å²) in [6.07, 6.45) is -5.88. The van der Waals surface area contributed by atoms with Gasteiger partial charge in [-0.2, -0.15) is 26.3 Å². The van der Waals surface area contributed by atoms with Gasteiger partial charge in [0.25, 0.3) is 0 Å². The molecule has 0 spiro atoms. The van der Waals surface area contributed by atoms with Crippen LogP contribution in [0.2, 0.25) is 0 Å². The van der Waals surface area contributed by atoms with E-state index in [-0.39, 0.29) is 12.4 Å². The zero-order valence-corrected chi connectivity index (χ0v) is 18.8. The molecule has 188 valence electrons. The number of halogens is 6.